The van der Waals surface area contributed by atoms with Crippen LogP contribution in [-0.2, 0) is 9.84 Å². The minimum absolute atomic E-state index is 0.0373. The molecule has 7 nitrogen and oxygen atoms in total. The van der Waals surface area contributed by atoms with E-state index >= 15 is 0 Å². The lowest BCUT2D eigenvalue weighted by Gasteiger charge is -2.37. The van der Waals surface area contributed by atoms with Gasteiger partial charge in [0.25, 0.3) is 5.91 Å². The summed E-state index contributed by atoms with van der Waals surface area (Å²) in [6.45, 7) is 2.55. The number of rotatable bonds is 4. The number of nitrogens with zero attached hydrogens (tertiary/aromatic N) is 4. The van der Waals surface area contributed by atoms with Gasteiger partial charge < -0.3 is 4.90 Å². The summed E-state index contributed by atoms with van der Waals surface area (Å²) >= 11 is 0. The maximum absolute atomic E-state index is 13.5. The van der Waals surface area contributed by atoms with Crippen molar-refractivity contribution in [3.63, 3.8) is 0 Å². The molecule has 32 heavy (non-hydrogen) atoms. The number of hydrogen-bond donors (Lipinski definition) is 0. The number of carbonyl (C=O) groups excluding carboxylic acids is 1. The standard InChI is InChI=1S/C24H26N4O3S/c29-24(27-14-12-26(13-15-27)21-11-16-32(30,31)18-21)22-17-28(20-9-5-2-6-10-20)25-23(22)19-7-3-1-4-8-19/h1-10,17,21H,11-16,18H2. The monoisotopic (exact) mass is 450 g/mol. The van der Waals surface area contributed by atoms with Gasteiger partial charge in [0.1, 0.15) is 5.69 Å². The van der Waals surface area contributed by atoms with Crippen LogP contribution in [0.3, 0.4) is 0 Å². The van der Waals surface area contributed by atoms with Crippen LogP contribution in [0.25, 0.3) is 16.9 Å². The van der Waals surface area contributed by atoms with Gasteiger partial charge in [0.05, 0.1) is 22.8 Å². The Morgan fingerprint density at radius 1 is 0.906 bits per heavy atom. The molecule has 1 aromatic heterocycles. The molecule has 2 aliphatic rings. The summed E-state index contributed by atoms with van der Waals surface area (Å²) in [7, 11) is -2.91. The molecule has 2 aliphatic heterocycles. The number of aromatic nitrogens is 2. The van der Waals surface area contributed by atoms with Crippen LogP contribution in [0.4, 0.5) is 0 Å². The lowest BCUT2D eigenvalue weighted by Crippen LogP contribution is -2.52. The first kappa shape index (κ1) is 20.9. The van der Waals surface area contributed by atoms with Crippen LogP contribution in [-0.4, -0.2) is 77.6 Å². The average molecular weight is 451 g/mol. The second kappa shape index (κ2) is 8.52. The summed E-state index contributed by atoms with van der Waals surface area (Å²) in [6.07, 6.45) is 2.51. The van der Waals surface area contributed by atoms with E-state index in [1.807, 2.05) is 71.8 Å². The molecule has 1 atom stereocenters. The van der Waals surface area contributed by atoms with Crippen LogP contribution >= 0.6 is 0 Å². The molecule has 166 valence electrons. The summed E-state index contributed by atoms with van der Waals surface area (Å²) < 4.78 is 25.4. The Bertz CT molecular complexity index is 1200. The third-order valence-corrected chi connectivity index (χ3v) is 8.09. The van der Waals surface area contributed by atoms with Gasteiger partial charge in [-0.25, -0.2) is 13.1 Å². The van der Waals surface area contributed by atoms with Crippen molar-refractivity contribution in [1.29, 1.82) is 0 Å². The zero-order chi connectivity index (χ0) is 22.1. The Labute approximate surface area is 188 Å². The van der Waals surface area contributed by atoms with E-state index < -0.39 is 9.84 Å². The Kier molecular flexibility index (Phi) is 5.57. The molecule has 1 unspecified atom stereocenters. The van der Waals surface area contributed by atoms with E-state index in [1.54, 1.807) is 4.68 Å². The van der Waals surface area contributed by atoms with Gasteiger partial charge in [0.15, 0.2) is 9.84 Å². The van der Waals surface area contributed by atoms with E-state index in [0.29, 0.717) is 43.9 Å². The summed E-state index contributed by atoms with van der Waals surface area (Å²) in [4.78, 5) is 17.6. The van der Waals surface area contributed by atoms with Crippen molar-refractivity contribution in [2.75, 3.05) is 37.7 Å². The van der Waals surface area contributed by atoms with E-state index in [0.717, 1.165) is 11.3 Å². The average Bonchev–Trinajstić information content (AvgIpc) is 3.43. The van der Waals surface area contributed by atoms with Crippen molar-refractivity contribution in [2.45, 2.75) is 12.5 Å². The fraction of sp³-hybridized carbons (Fsp3) is 0.333. The van der Waals surface area contributed by atoms with Crippen LogP contribution in [0.5, 0.6) is 0 Å². The minimum atomic E-state index is -2.91. The molecule has 1 amide bonds. The molecule has 0 saturated carbocycles. The van der Waals surface area contributed by atoms with E-state index in [9.17, 15) is 13.2 Å². The molecule has 2 saturated heterocycles. The van der Waals surface area contributed by atoms with Crippen LogP contribution in [0.1, 0.15) is 16.8 Å². The smallest absolute Gasteiger partial charge is 0.257 e. The highest BCUT2D eigenvalue weighted by molar-refractivity contribution is 7.91. The van der Waals surface area contributed by atoms with E-state index in [4.69, 9.17) is 5.10 Å². The van der Waals surface area contributed by atoms with Gasteiger partial charge in [0.2, 0.25) is 0 Å². The molecule has 0 aliphatic carbocycles. The summed E-state index contributed by atoms with van der Waals surface area (Å²) in [5, 5.41) is 4.75. The predicted octanol–water partition coefficient (Wildman–Crippen LogP) is 2.48. The fourth-order valence-electron chi connectivity index (χ4n) is 4.58. The van der Waals surface area contributed by atoms with Gasteiger partial charge in [-0.2, -0.15) is 5.10 Å². The predicted molar refractivity (Wildman–Crippen MR) is 124 cm³/mol. The lowest BCUT2D eigenvalue weighted by molar-refractivity contribution is 0.0588. The second-order valence-electron chi connectivity index (χ2n) is 8.42. The second-order valence-corrected chi connectivity index (χ2v) is 10.7. The number of sulfone groups is 1. The highest BCUT2D eigenvalue weighted by Crippen LogP contribution is 2.26. The summed E-state index contributed by atoms with van der Waals surface area (Å²) in [6, 6.07) is 19.6. The molecular weight excluding hydrogens is 424 g/mol. The topological polar surface area (TPSA) is 75.5 Å². The van der Waals surface area contributed by atoms with Gasteiger partial charge in [0, 0.05) is 44.0 Å². The van der Waals surface area contributed by atoms with Crippen LogP contribution in [0, 0.1) is 0 Å². The Morgan fingerprint density at radius 2 is 1.56 bits per heavy atom. The van der Waals surface area contributed by atoms with Crippen molar-refractivity contribution in [1.82, 2.24) is 19.6 Å². The molecule has 5 rings (SSSR count). The SMILES string of the molecule is O=C(c1cn(-c2ccccc2)nc1-c1ccccc1)N1CCN(C2CCS(=O)(=O)C2)CC1. The van der Waals surface area contributed by atoms with Crippen LogP contribution in [0.2, 0.25) is 0 Å². The summed E-state index contributed by atoms with van der Waals surface area (Å²) in [5.74, 6) is 0.475. The van der Waals surface area contributed by atoms with Gasteiger partial charge >= 0.3 is 0 Å². The van der Waals surface area contributed by atoms with Gasteiger partial charge in [-0.1, -0.05) is 48.5 Å². The maximum Gasteiger partial charge on any atom is 0.257 e. The first-order valence-electron chi connectivity index (χ1n) is 10.9. The lowest BCUT2D eigenvalue weighted by atomic mass is 10.1. The molecule has 0 radical (unpaired) electrons. The largest absolute Gasteiger partial charge is 0.336 e. The first-order valence-corrected chi connectivity index (χ1v) is 12.8. The number of amides is 1. The number of benzene rings is 2. The number of para-hydroxylation sites is 1. The van der Waals surface area contributed by atoms with Crippen molar-refractivity contribution in [2.24, 2.45) is 0 Å². The molecule has 3 heterocycles. The third-order valence-electron chi connectivity index (χ3n) is 6.34. The Balaban J connectivity index is 1.38. The quantitative estimate of drug-likeness (QED) is 0.611. The fourth-order valence-corrected chi connectivity index (χ4v) is 6.34. The number of carbonyl (C=O) groups is 1. The van der Waals surface area contributed by atoms with Crippen molar-refractivity contribution in [3.8, 4) is 16.9 Å². The van der Waals surface area contributed by atoms with E-state index in [-0.39, 0.29) is 23.5 Å². The van der Waals surface area contributed by atoms with E-state index in [2.05, 4.69) is 4.90 Å². The highest BCUT2D eigenvalue weighted by Gasteiger charge is 2.35. The highest BCUT2D eigenvalue weighted by atomic mass is 32.2. The molecule has 0 bridgehead atoms. The minimum Gasteiger partial charge on any atom is -0.336 e. The van der Waals surface area contributed by atoms with Crippen molar-refractivity contribution < 1.29 is 13.2 Å². The van der Waals surface area contributed by atoms with Crippen molar-refractivity contribution >= 4 is 15.7 Å². The zero-order valence-electron chi connectivity index (χ0n) is 17.8. The zero-order valence-corrected chi connectivity index (χ0v) is 18.6. The third kappa shape index (κ3) is 4.20. The molecule has 0 N–H and O–H groups in total. The molecular formula is C24H26N4O3S. The normalized spacial score (nSPS) is 21.0. The van der Waals surface area contributed by atoms with Crippen LogP contribution in [0.15, 0.2) is 66.9 Å². The number of piperazine rings is 1. The first-order chi connectivity index (χ1) is 15.5. The van der Waals surface area contributed by atoms with Crippen molar-refractivity contribution in [3.05, 3.63) is 72.4 Å². The molecule has 8 heteroatoms. The van der Waals surface area contributed by atoms with E-state index in [1.165, 1.54) is 0 Å². The van der Waals surface area contributed by atoms with Gasteiger partial charge in [-0.05, 0) is 18.6 Å². The maximum atomic E-state index is 13.5. The number of hydrogen-bond acceptors (Lipinski definition) is 5. The van der Waals surface area contributed by atoms with Gasteiger partial charge in [-0.3, -0.25) is 9.69 Å². The molecule has 2 aromatic carbocycles. The molecule has 0 spiro atoms. The molecule has 3 aromatic rings. The Hall–Kier alpha value is -2.97. The van der Waals surface area contributed by atoms with Gasteiger partial charge in [-0.15, -0.1) is 0 Å². The summed E-state index contributed by atoms with van der Waals surface area (Å²) in [5.41, 5.74) is 3.05. The van der Waals surface area contributed by atoms with Crippen LogP contribution < -0.4 is 0 Å². The molecule has 2 fully saturated rings. The Morgan fingerprint density at radius 3 is 2.19 bits per heavy atom.